The van der Waals surface area contributed by atoms with Crippen LogP contribution < -0.4 is 10.6 Å². The number of hydrogen-bond acceptors (Lipinski definition) is 1. The van der Waals surface area contributed by atoms with Crippen LogP contribution in [0.3, 0.4) is 0 Å². The Morgan fingerprint density at radius 2 is 1.89 bits per heavy atom. The molecule has 6 heteroatoms. The summed E-state index contributed by atoms with van der Waals surface area (Å²) in [5.74, 6) is 0.230. The van der Waals surface area contributed by atoms with Gasteiger partial charge in [0.05, 0.1) is 11.3 Å². The predicted molar refractivity (Wildman–Crippen MR) is 63.3 cm³/mol. The number of nitrogens with one attached hydrogen (secondary N) is 2. The predicted octanol–water partition coefficient (Wildman–Crippen LogP) is 3.48. The van der Waals surface area contributed by atoms with Gasteiger partial charge in [-0.1, -0.05) is 26.0 Å². The van der Waals surface area contributed by atoms with Crippen LogP contribution in [0.25, 0.3) is 0 Å². The van der Waals surface area contributed by atoms with Crippen molar-refractivity contribution >= 4 is 11.7 Å². The maximum absolute atomic E-state index is 12.6. The first-order chi connectivity index (χ1) is 8.30. The van der Waals surface area contributed by atoms with E-state index in [4.69, 9.17) is 0 Å². The van der Waals surface area contributed by atoms with Gasteiger partial charge in [0.1, 0.15) is 0 Å². The van der Waals surface area contributed by atoms with Gasteiger partial charge in [0, 0.05) is 6.54 Å². The van der Waals surface area contributed by atoms with Crippen molar-refractivity contribution in [3.63, 3.8) is 0 Å². The summed E-state index contributed by atoms with van der Waals surface area (Å²) in [5.41, 5.74) is -1.10. The fourth-order valence-electron chi connectivity index (χ4n) is 1.30. The van der Waals surface area contributed by atoms with Crippen LogP contribution >= 0.6 is 0 Å². The summed E-state index contributed by atoms with van der Waals surface area (Å²) in [7, 11) is 0. The van der Waals surface area contributed by atoms with E-state index in [1.165, 1.54) is 18.2 Å². The van der Waals surface area contributed by atoms with Crippen LogP contribution in [0.5, 0.6) is 0 Å². The summed E-state index contributed by atoms with van der Waals surface area (Å²) < 4.78 is 37.9. The molecule has 1 aromatic carbocycles. The number of hydrogen-bond donors (Lipinski definition) is 2. The Kier molecular flexibility index (Phi) is 4.58. The van der Waals surface area contributed by atoms with E-state index in [1.54, 1.807) is 0 Å². The maximum Gasteiger partial charge on any atom is 0.418 e. The molecule has 0 fully saturated rings. The second-order valence-electron chi connectivity index (χ2n) is 4.27. The van der Waals surface area contributed by atoms with Gasteiger partial charge in [0.15, 0.2) is 0 Å². The molecule has 0 atom stereocenters. The van der Waals surface area contributed by atoms with E-state index in [0.717, 1.165) is 6.07 Å². The Hall–Kier alpha value is -1.72. The fourth-order valence-corrected chi connectivity index (χ4v) is 1.30. The van der Waals surface area contributed by atoms with E-state index < -0.39 is 17.8 Å². The molecule has 100 valence electrons. The minimum atomic E-state index is -4.48. The molecule has 1 rings (SSSR count). The largest absolute Gasteiger partial charge is 0.418 e. The molecule has 0 bridgehead atoms. The highest BCUT2D eigenvalue weighted by atomic mass is 19.4. The van der Waals surface area contributed by atoms with E-state index in [2.05, 4.69) is 10.6 Å². The minimum absolute atomic E-state index is 0.230. The highest BCUT2D eigenvalue weighted by molar-refractivity contribution is 5.90. The molecule has 3 nitrogen and oxygen atoms in total. The van der Waals surface area contributed by atoms with Crippen molar-refractivity contribution in [1.29, 1.82) is 0 Å². The lowest BCUT2D eigenvalue weighted by Gasteiger charge is -2.14. The molecule has 0 saturated heterocycles. The van der Waals surface area contributed by atoms with Crippen molar-refractivity contribution in [2.75, 3.05) is 11.9 Å². The highest BCUT2D eigenvalue weighted by Gasteiger charge is 2.33. The quantitative estimate of drug-likeness (QED) is 0.858. The van der Waals surface area contributed by atoms with Crippen molar-refractivity contribution < 1.29 is 18.0 Å². The van der Waals surface area contributed by atoms with Gasteiger partial charge >= 0.3 is 12.2 Å². The van der Waals surface area contributed by atoms with Gasteiger partial charge < -0.3 is 10.6 Å². The molecule has 18 heavy (non-hydrogen) atoms. The Labute approximate surface area is 103 Å². The lowest BCUT2D eigenvalue weighted by molar-refractivity contribution is -0.136. The Morgan fingerprint density at radius 1 is 1.28 bits per heavy atom. The summed E-state index contributed by atoms with van der Waals surface area (Å²) >= 11 is 0. The van der Waals surface area contributed by atoms with Crippen molar-refractivity contribution in [2.45, 2.75) is 20.0 Å². The molecule has 0 spiro atoms. The number of alkyl halides is 3. The molecular weight excluding hydrogens is 245 g/mol. The van der Waals surface area contributed by atoms with Gasteiger partial charge in [0.25, 0.3) is 0 Å². The molecule has 0 saturated carbocycles. The number of anilines is 1. The van der Waals surface area contributed by atoms with Crippen molar-refractivity contribution in [1.82, 2.24) is 5.32 Å². The van der Waals surface area contributed by atoms with Crippen LogP contribution in [0.4, 0.5) is 23.7 Å². The summed E-state index contributed by atoms with van der Waals surface area (Å²) in [4.78, 5) is 11.4. The Bertz CT molecular complexity index is 416. The second kappa shape index (κ2) is 5.75. The minimum Gasteiger partial charge on any atom is -0.338 e. The second-order valence-corrected chi connectivity index (χ2v) is 4.27. The van der Waals surface area contributed by atoms with Crippen LogP contribution in [-0.2, 0) is 6.18 Å². The summed E-state index contributed by atoms with van der Waals surface area (Å²) in [5, 5.41) is 4.69. The van der Waals surface area contributed by atoms with Crippen LogP contribution in [0, 0.1) is 5.92 Å². The molecular formula is C12H15F3N2O. The zero-order valence-electron chi connectivity index (χ0n) is 10.1. The summed E-state index contributed by atoms with van der Waals surface area (Å²) in [6, 6.07) is 4.23. The zero-order valence-corrected chi connectivity index (χ0v) is 10.1. The number of para-hydroxylation sites is 1. The first-order valence-corrected chi connectivity index (χ1v) is 5.51. The van der Waals surface area contributed by atoms with Crippen LogP contribution in [0.1, 0.15) is 19.4 Å². The normalized spacial score (nSPS) is 11.4. The first kappa shape index (κ1) is 14.3. The third kappa shape index (κ3) is 4.27. The van der Waals surface area contributed by atoms with Crippen LogP contribution in [0.2, 0.25) is 0 Å². The van der Waals surface area contributed by atoms with E-state index in [9.17, 15) is 18.0 Å². The fraction of sp³-hybridized carbons (Fsp3) is 0.417. The summed E-state index contributed by atoms with van der Waals surface area (Å²) in [6.45, 7) is 4.19. The topological polar surface area (TPSA) is 41.1 Å². The average Bonchev–Trinajstić information content (AvgIpc) is 2.25. The molecule has 0 aliphatic heterocycles. The molecule has 0 radical (unpaired) electrons. The number of carbonyl (C=O) groups is 1. The molecule has 1 aromatic rings. The number of benzene rings is 1. The lowest BCUT2D eigenvalue weighted by Crippen LogP contribution is -2.32. The van der Waals surface area contributed by atoms with Gasteiger partial charge in [-0.25, -0.2) is 4.79 Å². The SMILES string of the molecule is CC(C)CNC(=O)Nc1ccccc1C(F)(F)F. The number of carbonyl (C=O) groups excluding carboxylic acids is 1. The smallest absolute Gasteiger partial charge is 0.338 e. The zero-order chi connectivity index (χ0) is 13.8. The third-order valence-electron chi connectivity index (χ3n) is 2.15. The van der Waals surface area contributed by atoms with Gasteiger partial charge in [-0.2, -0.15) is 13.2 Å². The molecule has 2 N–H and O–H groups in total. The van der Waals surface area contributed by atoms with Crippen molar-refractivity contribution in [3.8, 4) is 0 Å². The van der Waals surface area contributed by atoms with Crippen LogP contribution in [-0.4, -0.2) is 12.6 Å². The highest BCUT2D eigenvalue weighted by Crippen LogP contribution is 2.34. The number of rotatable bonds is 3. The van der Waals surface area contributed by atoms with Gasteiger partial charge in [-0.05, 0) is 18.1 Å². The lowest BCUT2D eigenvalue weighted by atomic mass is 10.1. The van der Waals surface area contributed by atoms with E-state index in [0.29, 0.717) is 6.54 Å². The molecule has 2 amide bonds. The molecule has 0 aliphatic rings. The van der Waals surface area contributed by atoms with Gasteiger partial charge in [0.2, 0.25) is 0 Å². The standard InChI is InChI=1S/C12H15F3N2O/c1-8(2)7-16-11(18)17-10-6-4-3-5-9(10)12(13,14)15/h3-6,8H,7H2,1-2H3,(H2,16,17,18). The molecule has 0 unspecified atom stereocenters. The number of halogens is 3. The van der Waals surface area contributed by atoms with Gasteiger partial charge in [-0.15, -0.1) is 0 Å². The Balaban J connectivity index is 2.76. The molecule has 0 aliphatic carbocycles. The number of amides is 2. The first-order valence-electron chi connectivity index (χ1n) is 5.51. The number of urea groups is 1. The van der Waals surface area contributed by atoms with Crippen molar-refractivity contribution in [2.24, 2.45) is 5.92 Å². The Morgan fingerprint density at radius 3 is 2.44 bits per heavy atom. The molecule has 0 aromatic heterocycles. The van der Waals surface area contributed by atoms with Crippen LogP contribution in [0.15, 0.2) is 24.3 Å². The summed E-state index contributed by atoms with van der Waals surface area (Å²) in [6.07, 6.45) is -4.48. The van der Waals surface area contributed by atoms with Gasteiger partial charge in [-0.3, -0.25) is 0 Å². The van der Waals surface area contributed by atoms with E-state index in [-0.39, 0.29) is 11.6 Å². The third-order valence-corrected chi connectivity index (χ3v) is 2.15. The van der Waals surface area contributed by atoms with E-state index >= 15 is 0 Å². The average molecular weight is 260 g/mol. The van der Waals surface area contributed by atoms with E-state index in [1.807, 2.05) is 13.8 Å². The molecule has 0 heterocycles. The monoisotopic (exact) mass is 260 g/mol. The van der Waals surface area contributed by atoms with Crippen molar-refractivity contribution in [3.05, 3.63) is 29.8 Å². The maximum atomic E-state index is 12.6.